The molecule has 0 saturated carbocycles. The zero-order valence-electron chi connectivity index (χ0n) is 19.2. The molecule has 0 bridgehead atoms. The van der Waals surface area contributed by atoms with Crippen LogP contribution in [0.25, 0.3) is 17.0 Å². The number of nitrogens with one attached hydrogen (secondary N) is 1. The summed E-state index contributed by atoms with van der Waals surface area (Å²) in [5, 5.41) is 8.03. The van der Waals surface area contributed by atoms with E-state index in [9.17, 15) is 9.59 Å². The Labute approximate surface area is 206 Å². The fourth-order valence-electron chi connectivity index (χ4n) is 3.69. The summed E-state index contributed by atoms with van der Waals surface area (Å²) < 4.78 is 8.58. The van der Waals surface area contributed by atoms with Crippen molar-refractivity contribution in [3.05, 3.63) is 119 Å². The van der Waals surface area contributed by atoms with Crippen molar-refractivity contribution in [3.8, 4) is 17.0 Å². The molecular weight excluding hydrogens is 456 g/mol. The van der Waals surface area contributed by atoms with Gasteiger partial charge in [-0.05, 0) is 41.0 Å². The molecule has 0 saturated heterocycles. The first-order chi connectivity index (χ1) is 17.7. The Morgan fingerprint density at radius 2 is 1.69 bits per heavy atom. The molecule has 178 valence electrons. The van der Waals surface area contributed by atoms with Gasteiger partial charge in [-0.2, -0.15) is 19.7 Å². The molecule has 0 spiro atoms. The van der Waals surface area contributed by atoms with Gasteiger partial charge in [0.15, 0.2) is 0 Å². The van der Waals surface area contributed by atoms with Gasteiger partial charge in [0.2, 0.25) is 5.78 Å². The number of hydrazone groups is 1. The van der Waals surface area contributed by atoms with Crippen LogP contribution in [0.5, 0.6) is 5.75 Å². The Morgan fingerprint density at radius 1 is 0.972 bits per heavy atom. The van der Waals surface area contributed by atoms with Crippen LogP contribution in [0.15, 0.2) is 107 Å². The molecule has 0 unspecified atom stereocenters. The van der Waals surface area contributed by atoms with Crippen molar-refractivity contribution < 1.29 is 9.53 Å². The zero-order valence-corrected chi connectivity index (χ0v) is 19.2. The topological polar surface area (TPSA) is 103 Å². The van der Waals surface area contributed by atoms with Crippen molar-refractivity contribution in [2.75, 3.05) is 0 Å². The minimum atomic E-state index is -0.375. The van der Waals surface area contributed by atoms with E-state index in [2.05, 4.69) is 20.6 Å². The normalized spacial score (nSPS) is 11.1. The standard InChI is InChI=1S/C27H22N6O3/c34-25(31-29-16-20-11-13-23(14-12-20)36-18-21-7-3-1-4-8-21)17-32-24(22-9-5-2-6-10-22)15-26(35)33-27(32)28-19-30-33/h1-16,19H,17-18H2,(H,31,34). The summed E-state index contributed by atoms with van der Waals surface area (Å²) in [6.07, 6.45) is 2.83. The fourth-order valence-corrected chi connectivity index (χ4v) is 3.69. The summed E-state index contributed by atoms with van der Waals surface area (Å²) in [7, 11) is 0. The van der Waals surface area contributed by atoms with Crippen LogP contribution in [-0.4, -0.2) is 31.3 Å². The Morgan fingerprint density at radius 3 is 2.44 bits per heavy atom. The summed E-state index contributed by atoms with van der Waals surface area (Å²) in [6, 6.07) is 28.1. The third-order valence-corrected chi connectivity index (χ3v) is 5.43. The Balaban J connectivity index is 1.25. The van der Waals surface area contributed by atoms with E-state index in [0.717, 1.165) is 27.0 Å². The number of aromatic nitrogens is 4. The highest BCUT2D eigenvalue weighted by molar-refractivity contribution is 5.83. The number of hydrogen-bond donors (Lipinski definition) is 1. The maximum atomic E-state index is 12.7. The van der Waals surface area contributed by atoms with Crippen LogP contribution in [0, 0.1) is 0 Å². The molecule has 9 heteroatoms. The molecule has 0 fully saturated rings. The molecule has 36 heavy (non-hydrogen) atoms. The molecule has 0 aliphatic carbocycles. The Hall–Kier alpha value is -5.05. The largest absolute Gasteiger partial charge is 0.489 e. The first kappa shape index (κ1) is 22.7. The van der Waals surface area contributed by atoms with Crippen LogP contribution in [-0.2, 0) is 17.9 Å². The van der Waals surface area contributed by atoms with Crippen molar-refractivity contribution in [1.82, 2.24) is 24.6 Å². The molecule has 0 atom stereocenters. The third-order valence-electron chi connectivity index (χ3n) is 5.43. The molecule has 0 aliphatic rings. The van der Waals surface area contributed by atoms with Crippen LogP contribution in [0.1, 0.15) is 11.1 Å². The fraction of sp³-hybridized carbons (Fsp3) is 0.0741. The molecule has 5 aromatic rings. The van der Waals surface area contributed by atoms with Crippen molar-refractivity contribution in [1.29, 1.82) is 0 Å². The van der Waals surface area contributed by atoms with E-state index in [1.807, 2.05) is 84.9 Å². The van der Waals surface area contributed by atoms with E-state index in [1.54, 1.807) is 10.8 Å². The van der Waals surface area contributed by atoms with E-state index in [-0.39, 0.29) is 23.8 Å². The van der Waals surface area contributed by atoms with E-state index in [0.29, 0.717) is 12.3 Å². The first-order valence-corrected chi connectivity index (χ1v) is 11.2. The van der Waals surface area contributed by atoms with E-state index in [1.165, 1.54) is 12.4 Å². The second-order valence-corrected chi connectivity index (χ2v) is 7.93. The van der Waals surface area contributed by atoms with Crippen molar-refractivity contribution in [2.45, 2.75) is 13.2 Å². The second kappa shape index (κ2) is 10.5. The summed E-state index contributed by atoms with van der Waals surface area (Å²) >= 11 is 0. The van der Waals surface area contributed by atoms with Crippen LogP contribution < -0.4 is 15.7 Å². The van der Waals surface area contributed by atoms with Crippen LogP contribution in [0.3, 0.4) is 0 Å². The monoisotopic (exact) mass is 478 g/mol. The van der Waals surface area contributed by atoms with Gasteiger partial charge in [0.25, 0.3) is 11.5 Å². The minimum Gasteiger partial charge on any atom is -0.489 e. The predicted molar refractivity (Wildman–Crippen MR) is 136 cm³/mol. The number of nitrogens with zero attached hydrogens (tertiary/aromatic N) is 5. The molecule has 2 heterocycles. The predicted octanol–water partition coefficient (Wildman–Crippen LogP) is 3.29. The number of hydrogen-bond acceptors (Lipinski definition) is 6. The Kier molecular flexibility index (Phi) is 6.61. The van der Waals surface area contributed by atoms with Crippen molar-refractivity contribution in [3.63, 3.8) is 0 Å². The molecule has 3 aromatic carbocycles. The lowest BCUT2D eigenvalue weighted by molar-refractivity contribution is -0.121. The number of carbonyl (C=O) groups excluding carboxylic acids is 1. The van der Waals surface area contributed by atoms with Crippen LogP contribution in [0.4, 0.5) is 0 Å². The molecular formula is C27H22N6O3. The number of fused-ring (bicyclic) bond motifs is 1. The summed E-state index contributed by atoms with van der Waals surface area (Å²) in [4.78, 5) is 29.3. The zero-order chi connectivity index (χ0) is 24.7. The lowest BCUT2D eigenvalue weighted by atomic mass is 10.1. The summed E-state index contributed by atoms with van der Waals surface area (Å²) in [5.74, 6) is 0.635. The maximum absolute atomic E-state index is 12.7. The van der Waals surface area contributed by atoms with Crippen LogP contribution in [0.2, 0.25) is 0 Å². The van der Waals surface area contributed by atoms with Gasteiger partial charge in [-0.1, -0.05) is 60.7 Å². The average molecular weight is 479 g/mol. The van der Waals surface area contributed by atoms with Crippen molar-refractivity contribution in [2.24, 2.45) is 5.10 Å². The van der Waals surface area contributed by atoms with Gasteiger partial charge in [-0.3, -0.25) is 9.59 Å². The van der Waals surface area contributed by atoms with Gasteiger partial charge in [0.05, 0.1) is 11.9 Å². The van der Waals surface area contributed by atoms with Gasteiger partial charge in [0.1, 0.15) is 25.2 Å². The lowest BCUT2D eigenvalue weighted by Gasteiger charge is -2.13. The van der Waals surface area contributed by atoms with Crippen LogP contribution >= 0.6 is 0 Å². The van der Waals surface area contributed by atoms with Gasteiger partial charge in [-0.15, -0.1) is 0 Å². The molecule has 9 nitrogen and oxygen atoms in total. The summed E-state index contributed by atoms with van der Waals surface area (Å²) in [5.41, 5.74) is 5.44. The summed E-state index contributed by atoms with van der Waals surface area (Å²) in [6.45, 7) is 0.385. The highest BCUT2D eigenvalue weighted by Gasteiger charge is 2.15. The average Bonchev–Trinajstić information content (AvgIpc) is 3.42. The van der Waals surface area contributed by atoms with E-state index < -0.39 is 0 Å². The molecule has 0 radical (unpaired) electrons. The number of carbonyl (C=O) groups is 1. The molecule has 5 rings (SSSR count). The second-order valence-electron chi connectivity index (χ2n) is 7.93. The molecule has 1 N–H and O–H groups in total. The third kappa shape index (κ3) is 5.20. The number of rotatable bonds is 8. The number of benzene rings is 3. The lowest BCUT2D eigenvalue weighted by Crippen LogP contribution is -2.27. The quantitative estimate of drug-likeness (QED) is 0.272. The highest BCUT2D eigenvalue weighted by Crippen LogP contribution is 2.19. The van der Waals surface area contributed by atoms with Gasteiger partial charge in [0, 0.05) is 6.07 Å². The van der Waals surface area contributed by atoms with Gasteiger partial charge in [-0.25, -0.2) is 5.43 Å². The number of amides is 1. The van der Waals surface area contributed by atoms with E-state index >= 15 is 0 Å². The SMILES string of the molecule is O=C(Cn1c(-c2ccccc2)cc(=O)n2ncnc12)NN=Cc1ccc(OCc2ccccc2)cc1. The van der Waals surface area contributed by atoms with Crippen molar-refractivity contribution >= 4 is 17.9 Å². The smallest absolute Gasteiger partial charge is 0.276 e. The Bertz CT molecular complexity index is 1560. The maximum Gasteiger partial charge on any atom is 0.276 e. The molecule has 0 aliphatic heterocycles. The number of ether oxygens (including phenoxy) is 1. The molecule has 1 amide bonds. The minimum absolute atomic E-state index is 0.101. The van der Waals surface area contributed by atoms with Gasteiger partial charge >= 0.3 is 0 Å². The first-order valence-electron chi connectivity index (χ1n) is 11.2. The molecule has 2 aromatic heterocycles. The van der Waals surface area contributed by atoms with Gasteiger partial charge < -0.3 is 9.30 Å². The highest BCUT2D eigenvalue weighted by atomic mass is 16.5. The van der Waals surface area contributed by atoms with E-state index in [4.69, 9.17) is 4.74 Å².